The third kappa shape index (κ3) is 5.49. The number of anilines is 2. The quantitative estimate of drug-likeness (QED) is 0.647. The largest absolute Gasteiger partial charge is 0.495 e. The van der Waals surface area contributed by atoms with Gasteiger partial charge in [0.2, 0.25) is 0 Å². The highest BCUT2D eigenvalue weighted by atomic mass is 19.1. The van der Waals surface area contributed by atoms with Crippen LogP contribution in [-0.4, -0.2) is 50.7 Å². The molecule has 0 unspecified atom stereocenters. The molecular formula is C18H27FN2O4. The van der Waals surface area contributed by atoms with Gasteiger partial charge in [0, 0.05) is 18.3 Å². The average Bonchev–Trinajstić information content (AvgIpc) is 2.52. The smallest absolute Gasteiger partial charge is 0.332 e. The minimum absolute atomic E-state index is 0.187. The summed E-state index contributed by atoms with van der Waals surface area (Å²) in [6.45, 7) is 5.91. The molecule has 0 aliphatic carbocycles. The molecule has 6 nitrogen and oxygen atoms in total. The van der Waals surface area contributed by atoms with Crippen molar-refractivity contribution in [3.63, 3.8) is 0 Å². The van der Waals surface area contributed by atoms with Gasteiger partial charge in [-0.25, -0.2) is 9.18 Å². The molecule has 0 amide bonds. The third-order valence-corrected chi connectivity index (χ3v) is 3.90. The second kappa shape index (κ2) is 7.91. The zero-order chi connectivity index (χ0) is 18.6. The molecule has 1 saturated heterocycles. The Balaban J connectivity index is 1.89. The number of carbonyl (C=O) groups excluding carboxylic acids is 1. The van der Waals surface area contributed by atoms with E-state index in [1.807, 2.05) is 11.0 Å². The summed E-state index contributed by atoms with van der Waals surface area (Å²) in [6.07, 6.45) is -1.32. The van der Waals surface area contributed by atoms with E-state index in [1.54, 1.807) is 40.0 Å². The van der Waals surface area contributed by atoms with Gasteiger partial charge < -0.3 is 24.8 Å². The van der Waals surface area contributed by atoms with Crippen molar-refractivity contribution in [2.45, 2.75) is 45.1 Å². The van der Waals surface area contributed by atoms with Gasteiger partial charge in [0.15, 0.2) is 0 Å². The fraction of sp³-hybridized carbons (Fsp3) is 0.611. The fourth-order valence-corrected chi connectivity index (χ4v) is 2.75. The summed E-state index contributed by atoms with van der Waals surface area (Å²) in [7, 11) is 1.55. The van der Waals surface area contributed by atoms with E-state index in [1.165, 1.54) is 0 Å². The molecule has 0 spiro atoms. The van der Waals surface area contributed by atoms with Crippen molar-refractivity contribution in [3.8, 4) is 5.75 Å². The van der Waals surface area contributed by atoms with Gasteiger partial charge in [-0.1, -0.05) is 0 Å². The number of hydrogen-bond acceptors (Lipinski definition) is 6. The Bertz CT molecular complexity index is 603. The van der Waals surface area contributed by atoms with Crippen LogP contribution in [0.15, 0.2) is 18.2 Å². The molecular weight excluding hydrogens is 327 g/mol. The molecule has 2 atom stereocenters. The van der Waals surface area contributed by atoms with Gasteiger partial charge in [-0.05, 0) is 39.3 Å². The van der Waals surface area contributed by atoms with Crippen LogP contribution in [0.3, 0.4) is 0 Å². The first-order chi connectivity index (χ1) is 11.7. The van der Waals surface area contributed by atoms with E-state index >= 15 is 0 Å². The lowest BCUT2D eigenvalue weighted by molar-refractivity contribution is -0.163. The van der Waals surface area contributed by atoms with Crippen molar-refractivity contribution in [2.75, 3.05) is 37.4 Å². The first-order valence-electron chi connectivity index (χ1n) is 8.35. The van der Waals surface area contributed by atoms with E-state index in [0.29, 0.717) is 24.4 Å². The van der Waals surface area contributed by atoms with Gasteiger partial charge in [0.05, 0.1) is 25.4 Å². The fourth-order valence-electron chi connectivity index (χ4n) is 2.75. The Morgan fingerprint density at radius 1 is 1.40 bits per heavy atom. The number of carbonyl (C=O) groups is 1. The maximum Gasteiger partial charge on any atom is 0.332 e. The molecule has 2 rings (SSSR count). The highest BCUT2D eigenvalue weighted by Crippen LogP contribution is 2.30. The van der Waals surface area contributed by atoms with E-state index in [-0.39, 0.29) is 13.2 Å². The minimum atomic E-state index is -1.19. The van der Waals surface area contributed by atoms with Crippen LogP contribution in [0.25, 0.3) is 0 Å². The van der Waals surface area contributed by atoms with E-state index in [0.717, 1.165) is 5.69 Å². The number of nitrogen functional groups attached to an aromatic ring is 1. The molecule has 1 aliphatic rings. The van der Waals surface area contributed by atoms with E-state index in [2.05, 4.69) is 0 Å². The van der Waals surface area contributed by atoms with Crippen LogP contribution in [0.1, 0.15) is 27.2 Å². The van der Waals surface area contributed by atoms with Crippen molar-refractivity contribution in [1.82, 2.24) is 0 Å². The predicted octanol–water partition coefficient (Wildman–Crippen LogP) is 2.55. The molecule has 0 aromatic heterocycles. The number of methoxy groups -OCH3 is 1. The Kier molecular flexibility index (Phi) is 6.11. The Morgan fingerprint density at radius 2 is 2.12 bits per heavy atom. The monoisotopic (exact) mass is 354 g/mol. The van der Waals surface area contributed by atoms with E-state index in [9.17, 15) is 9.18 Å². The minimum Gasteiger partial charge on any atom is -0.495 e. The van der Waals surface area contributed by atoms with Crippen LogP contribution in [0, 0.1) is 0 Å². The second-order valence-electron chi connectivity index (χ2n) is 7.11. The number of nitrogens with two attached hydrogens (primary N) is 1. The summed E-state index contributed by atoms with van der Waals surface area (Å²) in [4.78, 5) is 13.6. The summed E-state index contributed by atoms with van der Waals surface area (Å²) in [5.74, 6) is 0.0848. The lowest BCUT2D eigenvalue weighted by Gasteiger charge is -2.36. The van der Waals surface area contributed by atoms with Crippen molar-refractivity contribution in [1.29, 1.82) is 0 Å². The van der Waals surface area contributed by atoms with Gasteiger partial charge in [0.1, 0.15) is 24.1 Å². The molecule has 1 fully saturated rings. The SMILES string of the molecule is COc1cc(N2CC[C@H](OCC(=O)OC(C)(C)C)[C@H](F)C2)ccc1N. The second-order valence-corrected chi connectivity index (χ2v) is 7.11. The maximum atomic E-state index is 14.5. The number of rotatable bonds is 5. The Hall–Kier alpha value is -2.02. The summed E-state index contributed by atoms with van der Waals surface area (Å²) in [6, 6.07) is 5.38. The summed E-state index contributed by atoms with van der Waals surface area (Å²) >= 11 is 0. The third-order valence-electron chi connectivity index (χ3n) is 3.90. The number of ether oxygens (including phenoxy) is 3. The Morgan fingerprint density at radius 3 is 2.72 bits per heavy atom. The normalized spacial score (nSPS) is 21.1. The van der Waals surface area contributed by atoms with Gasteiger partial charge in [-0.15, -0.1) is 0 Å². The van der Waals surface area contributed by atoms with Crippen molar-refractivity contribution < 1.29 is 23.4 Å². The number of nitrogens with zero attached hydrogens (tertiary/aromatic N) is 1. The lowest BCUT2D eigenvalue weighted by Crippen LogP contribution is -2.46. The zero-order valence-corrected chi connectivity index (χ0v) is 15.3. The first-order valence-corrected chi connectivity index (χ1v) is 8.35. The highest BCUT2D eigenvalue weighted by molar-refractivity contribution is 5.71. The summed E-state index contributed by atoms with van der Waals surface area (Å²) in [5.41, 5.74) is 6.62. The van der Waals surface area contributed by atoms with Gasteiger partial charge >= 0.3 is 5.97 Å². The molecule has 1 aromatic rings. The van der Waals surface area contributed by atoms with Crippen LogP contribution in [0.2, 0.25) is 0 Å². The average molecular weight is 354 g/mol. The molecule has 0 radical (unpaired) electrons. The molecule has 7 heteroatoms. The Labute approximate surface area is 148 Å². The number of alkyl halides is 1. The maximum absolute atomic E-state index is 14.5. The van der Waals surface area contributed by atoms with Crippen molar-refractivity contribution >= 4 is 17.3 Å². The van der Waals surface area contributed by atoms with E-state index in [4.69, 9.17) is 19.9 Å². The molecule has 25 heavy (non-hydrogen) atoms. The topological polar surface area (TPSA) is 74.0 Å². The van der Waals surface area contributed by atoms with Crippen LogP contribution in [0.4, 0.5) is 15.8 Å². The molecule has 1 aliphatic heterocycles. The number of esters is 1. The van der Waals surface area contributed by atoms with Gasteiger partial charge in [-0.3, -0.25) is 0 Å². The number of benzene rings is 1. The van der Waals surface area contributed by atoms with Crippen molar-refractivity contribution in [3.05, 3.63) is 18.2 Å². The molecule has 2 N–H and O–H groups in total. The summed E-state index contributed by atoms with van der Waals surface area (Å²) < 4.78 is 30.3. The summed E-state index contributed by atoms with van der Waals surface area (Å²) in [5, 5.41) is 0. The van der Waals surface area contributed by atoms with Crippen LogP contribution in [-0.2, 0) is 14.3 Å². The van der Waals surface area contributed by atoms with Crippen molar-refractivity contribution in [2.24, 2.45) is 0 Å². The van der Waals surface area contributed by atoms with Crippen LogP contribution in [0.5, 0.6) is 5.75 Å². The van der Waals surface area contributed by atoms with Crippen LogP contribution >= 0.6 is 0 Å². The first kappa shape index (κ1) is 19.3. The molecule has 0 saturated carbocycles. The number of hydrogen-bond donors (Lipinski definition) is 1. The lowest BCUT2D eigenvalue weighted by atomic mass is 10.0. The van der Waals surface area contributed by atoms with Gasteiger partial charge in [-0.2, -0.15) is 0 Å². The predicted molar refractivity (Wildman–Crippen MR) is 94.7 cm³/mol. The number of piperidine rings is 1. The van der Waals surface area contributed by atoms with Gasteiger partial charge in [0.25, 0.3) is 0 Å². The molecule has 0 bridgehead atoms. The molecule has 1 aromatic carbocycles. The molecule has 1 heterocycles. The van der Waals surface area contributed by atoms with E-state index < -0.39 is 23.8 Å². The standard InChI is InChI=1S/C18H27FN2O4/c1-18(2,3)25-17(22)11-24-15-7-8-21(10-13(15)19)12-5-6-14(20)16(9-12)23-4/h5-6,9,13,15H,7-8,10-11,20H2,1-4H3/t13-,15+/m1/s1. The number of halogens is 1. The molecule has 140 valence electrons. The van der Waals surface area contributed by atoms with Crippen LogP contribution < -0.4 is 15.4 Å². The highest BCUT2D eigenvalue weighted by Gasteiger charge is 2.31. The zero-order valence-electron chi connectivity index (χ0n) is 15.3.